The van der Waals surface area contributed by atoms with E-state index in [4.69, 9.17) is 0 Å². The molecule has 7 heteroatoms. The van der Waals surface area contributed by atoms with E-state index in [0.717, 1.165) is 0 Å². The Labute approximate surface area is 222 Å². The fourth-order valence-electron chi connectivity index (χ4n) is 2.81. The summed E-state index contributed by atoms with van der Waals surface area (Å²) in [5.41, 5.74) is -0.459. The van der Waals surface area contributed by atoms with Crippen LogP contribution in [0.4, 0.5) is 0 Å². The number of hydrogen-bond donors (Lipinski definition) is 1. The second-order valence-electron chi connectivity index (χ2n) is 5.81. The van der Waals surface area contributed by atoms with Gasteiger partial charge in [0.15, 0.2) is 0 Å². The Morgan fingerprint density at radius 1 is 0.964 bits per heavy atom. The number of carboxylic acids is 1. The van der Waals surface area contributed by atoms with Gasteiger partial charge in [0.1, 0.15) is 11.3 Å². The van der Waals surface area contributed by atoms with Crippen LogP contribution in [-0.4, -0.2) is 17.3 Å². The molecule has 136 valence electrons. The molecule has 3 aromatic rings. The summed E-state index contributed by atoms with van der Waals surface area (Å²) in [5, 5.41) is 22.6. The molecule has 0 aromatic heterocycles. The van der Waals surface area contributed by atoms with Gasteiger partial charge in [0.25, 0.3) is 0 Å². The number of carboxylic acid groups (broad SMARTS) is 1. The van der Waals surface area contributed by atoms with E-state index in [-0.39, 0.29) is 57.1 Å². The van der Waals surface area contributed by atoms with Gasteiger partial charge in [-0.3, -0.25) is 4.99 Å². The standard InChI is InChI=1S/C21H15Br2NO3.K/c22-17-11-14(19(25)18(23)12-17)13-24-21(20(26)27,15-7-3-1-4-8-15)16-9-5-2-6-10-16;/h1-13,25H,(H,26,27);/q;+1/p-1. The van der Waals surface area contributed by atoms with Crippen molar-refractivity contribution in [3.05, 3.63) is 98.4 Å². The number of aliphatic carboxylic acids is 1. The van der Waals surface area contributed by atoms with Crippen molar-refractivity contribution in [3.8, 4) is 5.75 Å². The third-order valence-corrected chi connectivity index (χ3v) is 5.20. The molecule has 0 radical (unpaired) electrons. The summed E-state index contributed by atoms with van der Waals surface area (Å²) >= 11 is 6.62. The minimum Gasteiger partial charge on any atom is -0.547 e. The predicted molar refractivity (Wildman–Crippen MR) is 110 cm³/mol. The zero-order valence-corrected chi connectivity index (χ0v) is 21.3. The molecular weight excluding hydrogens is 513 g/mol. The molecule has 3 rings (SSSR count). The zero-order chi connectivity index (χ0) is 19.4. The van der Waals surface area contributed by atoms with E-state index >= 15 is 0 Å². The van der Waals surface area contributed by atoms with Crippen LogP contribution < -0.4 is 56.5 Å². The van der Waals surface area contributed by atoms with Crippen LogP contribution >= 0.6 is 31.9 Å². The summed E-state index contributed by atoms with van der Waals surface area (Å²) in [6, 6.07) is 20.7. The molecule has 0 fully saturated rings. The molecule has 1 N–H and O–H groups in total. The van der Waals surface area contributed by atoms with E-state index in [9.17, 15) is 15.0 Å². The number of halogens is 2. The number of rotatable bonds is 5. The van der Waals surface area contributed by atoms with Crippen LogP contribution in [0.1, 0.15) is 16.7 Å². The van der Waals surface area contributed by atoms with Crippen molar-refractivity contribution in [2.45, 2.75) is 5.54 Å². The van der Waals surface area contributed by atoms with Crippen molar-refractivity contribution >= 4 is 44.0 Å². The molecule has 4 nitrogen and oxygen atoms in total. The molecular formula is C21H14Br2KNO3. The van der Waals surface area contributed by atoms with Crippen LogP contribution in [0.3, 0.4) is 0 Å². The van der Waals surface area contributed by atoms with Crippen LogP contribution in [-0.2, 0) is 10.3 Å². The molecule has 0 aliphatic carbocycles. The molecule has 0 aliphatic heterocycles. The first-order valence-electron chi connectivity index (χ1n) is 8.01. The van der Waals surface area contributed by atoms with Crippen LogP contribution in [0.15, 0.2) is 86.7 Å². The Hall–Kier alpha value is -0.804. The van der Waals surface area contributed by atoms with Crippen LogP contribution in [0, 0.1) is 0 Å². The molecule has 0 spiro atoms. The minimum atomic E-state index is -1.75. The molecule has 0 saturated heterocycles. The first-order valence-corrected chi connectivity index (χ1v) is 9.59. The van der Waals surface area contributed by atoms with Gasteiger partial charge in [-0.05, 0) is 39.2 Å². The molecule has 0 atom stereocenters. The Kier molecular flexibility index (Phi) is 8.63. The summed E-state index contributed by atoms with van der Waals surface area (Å²) in [5.74, 6) is -1.39. The van der Waals surface area contributed by atoms with Crippen LogP contribution in [0.2, 0.25) is 0 Å². The largest absolute Gasteiger partial charge is 1.00 e. The first kappa shape index (κ1) is 23.5. The number of nitrogens with zero attached hydrogens (tertiary/aromatic N) is 1. The summed E-state index contributed by atoms with van der Waals surface area (Å²) in [4.78, 5) is 16.8. The first-order chi connectivity index (χ1) is 12.9. The molecule has 0 saturated carbocycles. The van der Waals surface area contributed by atoms with Crippen molar-refractivity contribution in [1.82, 2.24) is 0 Å². The maximum absolute atomic E-state index is 12.4. The van der Waals surface area contributed by atoms with E-state index in [2.05, 4.69) is 36.9 Å². The minimum absolute atomic E-state index is 0. The van der Waals surface area contributed by atoms with Crippen LogP contribution in [0.25, 0.3) is 0 Å². The predicted octanol–water partition coefficient (Wildman–Crippen LogP) is 1.03. The van der Waals surface area contributed by atoms with Gasteiger partial charge in [-0.25, -0.2) is 0 Å². The van der Waals surface area contributed by atoms with Crippen molar-refractivity contribution < 1.29 is 66.4 Å². The van der Waals surface area contributed by atoms with E-state index in [1.54, 1.807) is 72.8 Å². The third-order valence-electron chi connectivity index (χ3n) is 4.13. The summed E-state index contributed by atoms with van der Waals surface area (Å²) in [6.07, 6.45) is 1.35. The van der Waals surface area contributed by atoms with E-state index < -0.39 is 11.5 Å². The van der Waals surface area contributed by atoms with Crippen molar-refractivity contribution in [3.63, 3.8) is 0 Å². The van der Waals surface area contributed by atoms with Crippen LogP contribution in [0.5, 0.6) is 5.75 Å². The van der Waals surface area contributed by atoms with Crippen molar-refractivity contribution in [2.24, 2.45) is 4.99 Å². The number of carbonyl (C=O) groups excluding carboxylic acids is 1. The van der Waals surface area contributed by atoms with E-state index in [1.165, 1.54) is 6.21 Å². The van der Waals surface area contributed by atoms with E-state index in [0.29, 0.717) is 25.6 Å². The van der Waals surface area contributed by atoms with Gasteiger partial charge in [-0.15, -0.1) is 0 Å². The number of carbonyl (C=O) groups is 1. The Balaban J connectivity index is 0.00000280. The number of hydrogen-bond acceptors (Lipinski definition) is 4. The second kappa shape index (κ2) is 10.3. The average molecular weight is 527 g/mol. The monoisotopic (exact) mass is 525 g/mol. The molecule has 3 aromatic carbocycles. The second-order valence-corrected chi connectivity index (χ2v) is 7.58. The Bertz CT molecular complexity index is 956. The normalized spacial score (nSPS) is 11.2. The van der Waals surface area contributed by atoms with Gasteiger partial charge >= 0.3 is 51.4 Å². The van der Waals surface area contributed by atoms with Gasteiger partial charge in [0, 0.05) is 16.3 Å². The molecule has 0 amide bonds. The van der Waals surface area contributed by atoms with E-state index in [1.807, 2.05) is 0 Å². The fourth-order valence-corrected chi connectivity index (χ4v) is 4.07. The van der Waals surface area contributed by atoms with Gasteiger partial charge < -0.3 is 15.0 Å². The topological polar surface area (TPSA) is 72.7 Å². The van der Waals surface area contributed by atoms with Crippen molar-refractivity contribution in [1.29, 1.82) is 0 Å². The number of aliphatic imine (C=N–C) groups is 1. The Morgan fingerprint density at radius 2 is 1.46 bits per heavy atom. The van der Waals surface area contributed by atoms with Gasteiger partial charge in [0.2, 0.25) is 0 Å². The SMILES string of the molecule is O=C([O-])C(N=Cc1cc(Br)cc(Br)c1O)(c1ccccc1)c1ccccc1.[K+]. The van der Waals surface area contributed by atoms with Gasteiger partial charge in [-0.1, -0.05) is 76.6 Å². The Morgan fingerprint density at radius 3 is 1.93 bits per heavy atom. The quantitative estimate of drug-likeness (QED) is 0.399. The van der Waals surface area contributed by atoms with Gasteiger partial charge in [-0.2, -0.15) is 0 Å². The molecule has 0 bridgehead atoms. The molecule has 28 heavy (non-hydrogen) atoms. The number of benzene rings is 3. The zero-order valence-electron chi connectivity index (χ0n) is 15.0. The summed E-state index contributed by atoms with van der Waals surface area (Å²) < 4.78 is 1.18. The number of phenols is 1. The fraction of sp³-hybridized carbons (Fsp3) is 0.0476. The van der Waals surface area contributed by atoms with Crippen molar-refractivity contribution in [2.75, 3.05) is 0 Å². The summed E-state index contributed by atoms with van der Waals surface area (Å²) in [6.45, 7) is 0. The van der Waals surface area contributed by atoms with Gasteiger partial charge in [0.05, 0.1) is 10.4 Å². The smallest absolute Gasteiger partial charge is 0.547 e. The maximum atomic E-state index is 12.4. The average Bonchev–Trinajstić information content (AvgIpc) is 2.67. The molecule has 0 unspecified atom stereocenters. The third kappa shape index (κ3) is 4.84. The number of phenolic OH excluding ortho intramolecular Hbond substituents is 1. The number of aromatic hydroxyl groups is 1. The summed E-state index contributed by atoms with van der Waals surface area (Å²) in [7, 11) is 0. The molecule has 0 heterocycles. The maximum Gasteiger partial charge on any atom is 1.00 e. The molecule has 0 aliphatic rings.